The van der Waals surface area contributed by atoms with Crippen molar-refractivity contribution in [3.05, 3.63) is 52.4 Å². The highest BCUT2D eigenvalue weighted by Gasteiger charge is 2.16. The first kappa shape index (κ1) is 13.2. The van der Waals surface area contributed by atoms with E-state index in [1.165, 1.54) is 0 Å². The van der Waals surface area contributed by atoms with Crippen molar-refractivity contribution in [1.29, 1.82) is 0 Å². The number of hydrogen-bond acceptors (Lipinski definition) is 5. The predicted octanol–water partition coefficient (Wildman–Crippen LogP) is 2.75. The molecule has 1 aromatic heterocycles. The first-order chi connectivity index (χ1) is 10.1. The number of hydrogen-bond donors (Lipinski definition) is 1. The molecule has 1 heterocycles. The topological polar surface area (TPSA) is 78.4 Å². The second-order valence-corrected chi connectivity index (χ2v) is 4.70. The van der Waals surface area contributed by atoms with Gasteiger partial charge in [-0.2, -0.15) is 0 Å². The van der Waals surface area contributed by atoms with E-state index >= 15 is 0 Å². The number of methoxy groups -OCH3 is 1. The zero-order valence-electron chi connectivity index (χ0n) is 11.7. The van der Waals surface area contributed by atoms with Crippen molar-refractivity contribution >= 4 is 16.6 Å². The fourth-order valence-electron chi connectivity index (χ4n) is 2.34. The monoisotopic (exact) mass is 282 g/mol. The number of aromatic nitrogens is 1. The molecule has 0 bridgehead atoms. The van der Waals surface area contributed by atoms with E-state index in [0.29, 0.717) is 27.9 Å². The van der Waals surface area contributed by atoms with Crippen molar-refractivity contribution in [2.45, 2.75) is 6.92 Å². The standard InChI is InChI=1S/C16H14N2O3/c1-9-5-3-8-12(20-2)13(9)15-18-11-7-4-6-10(17)14(11)16(19)21-15/h3-8H,17H2,1-2H3. The van der Waals surface area contributed by atoms with Gasteiger partial charge >= 0.3 is 5.63 Å². The number of fused-ring (bicyclic) bond motifs is 1. The van der Waals surface area contributed by atoms with Crippen LogP contribution in [-0.2, 0) is 0 Å². The second-order valence-electron chi connectivity index (χ2n) is 4.70. The molecule has 0 saturated carbocycles. The highest BCUT2D eigenvalue weighted by Crippen LogP contribution is 2.32. The zero-order chi connectivity index (χ0) is 15.0. The Morgan fingerprint density at radius 2 is 1.95 bits per heavy atom. The Morgan fingerprint density at radius 1 is 1.19 bits per heavy atom. The first-order valence-electron chi connectivity index (χ1n) is 6.45. The Hall–Kier alpha value is -2.82. The van der Waals surface area contributed by atoms with E-state index in [1.54, 1.807) is 31.4 Å². The normalized spacial score (nSPS) is 10.8. The van der Waals surface area contributed by atoms with Crippen LogP contribution in [-0.4, -0.2) is 12.1 Å². The van der Waals surface area contributed by atoms with Crippen LogP contribution in [0.1, 0.15) is 5.56 Å². The summed E-state index contributed by atoms with van der Waals surface area (Å²) in [6.07, 6.45) is 0. The largest absolute Gasteiger partial charge is 0.496 e. The molecule has 0 aliphatic carbocycles. The van der Waals surface area contributed by atoms with Gasteiger partial charge in [-0.15, -0.1) is 0 Å². The van der Waals surface area contributed by atoms with Gasteiger partial charge in [0, 0.05) is 5.69 Å². The summed E-state index contributed by atoms with van der Waals surface area (Å²) in [6, 6.07) is 10.7. The summed E-state index contributed by atoms with van der Waals surface area (Å²) >= 11 is 0. The number of ether oxygens (including phenoxy) is 1. The van der Waals surface area contributed by atoms with Gasteiger partial charge in [0.2, 0.25) is 5.89 Å². The fourth-order valence-corrected chi connectivity index (χ4v) is 2.34. The summed E-state index contributed by atoms with van der Waals surface area (Å²) < 4.78 is 10.7. The van der Waals surface area contributed by atoms with Gasteiger partial charge in [-0.05, 0) is 30.7 Å². The van der Waals surface area contributed by atoms with Gasteiger partial charge in [0.1, 0.15) is 11.1 Å². The van der Waals surface area contributed by atoms with Crippen LogP contribution in [0.15, 0.2) is 45.6 Å². The molecule has 5 nitrogen and oxygen atoms in total. The Balaban J connectivity index is 2.35. The molecule has 0 amide bonds. The third kappa shape index (κ3) is 2.12. The highest BCUT2D eigenvalue weighted by atomic mass is 16.5. The van der Waals surface area contributed by atoms with Gasteiger partial charge in [0.15, 0.2) is 0 Å². The lowest BCUT2D eigenvalue weighted by Crippen LogP contribution is -2.06. The Morgan fingerprint density at radius 3 is 2.71 bits per heavy atom. The fraction of sp³-hybridized carbons (Fsp3) is 0.125. The summed E-state index contributed by atoms with van der Waals surface area (Å²) in [6.45, 7) is 1.91. The molecule has 0 fully saturated rings. The molecular weight excluding hydrogens is 268 g/mol. The van der Waals surface area contributed by atoms with Crippen LogP contribution in [0.4, 0.5) is 5.69 Å². The maximum Gasteiger partial charge on any atom is 0.349 e. The van der Waals surface area contributed by atoms with Crippen LogP contribution in [0.3, 0.4) is 0 Å². The summed E-state index contributed by atoms with van der Waals surface area (Å²) in [5, 5.41) is 0.300. The number of benzene rings is 2. The number of anilines is 1. The number of nitrogen functional groups attached to an aromatic ring is 1. The van der Waals surface area contributed by atoms with Crippen molar-refractivity contribution in [3.8, 4) is 17.2 Å². The SMILES string of the molecule is COc1cccc(C)c1-c1nc2cccc(N)c2c(=O)o1. The molecule has 2 N–H and O–H groups in total. The molecule has 0 radical (unpaired) electrons. The van der Waals surface area contributed by atoms with Gasteiger partial charge in [0.05, 0.1) is 18.2 Å². The molecule has 2 aromatic carbocycles. The molecule has 106 valence electrons. The van der Waals surface area contributed by atoms with Crippen LogP contribution in [0.25, 0.3) is 22.4 Å². The molecule has 3 aromatic rings. The van der Waals surface area contributed by atoms with E-state index in [4.69, 9.17) is 14.9 Å². The molecule has 21 heavy (non-hydrogen) atoms. The van der Waals surface area contributed by atoms with Gasteiger partial charge < -0.3 is 14.9 Å². The number of nitrogens with two attached hydrogens (primary N) is 1. The maximum absolute atomic E-state index is 12.2. The van der Waals surface area contributed by atoms with Crippen molar-refractivity contribution in [1.82, 2.24) is 4.98 Å². The lowest BCUT2D eigenvalue weighted by atomic mass is 10.1. The zero-order valence-corrected chi connectivity index (χ0v) is 11.7. The molecule has 0 spiro atoms. The molecule has 0 atom stereocenters. The Bertz CT molecular complexity index is 884. The van der Waals surface area contributed by atoms with Crippen LogP contribution < -0.4 is 16.1 Å². The third-order valence-corrected chi connectivity index (χ3v) is 3.36. The maximum atomic E-state index is 12.2. The average Bonchev–Trinajstić information content (AvgIpc) is 2.46. The van der Waals surface area contributed by atoms with Gasteiger partial charge in [0.25, 0.3) is 0 Å². The van der Waals surface area contributed by atoms with Crippen molar-refractivity contribution < 1.29 is 9.15 Å². The minimum Gasteiger partial charge on any atom is -0.496 e. The van der Waals surface area contributed by atoms with Gasteiger partial charge in [-0.1, -0.05) is 18.2 Å². The Kier molecular flexibility index (Phi) is 3.10. The van der Waals surface area contributed by atoms with Crippen LogP contribution in [0.5, 0.6) is 5.75 Å². The van der Waals surface area contributed by atoms with E-state index in [2.05, 4.69) is 4.98 Å². The van der Waals surface area contributed by atoms with E-state index in [-0.39, 0.29) is 5.89 Å². The van der Waals surface area contributed by atoms with Crippen LogP contribution >= 0.6 is 0 Å². The summed E-state index contributed by atoms with van der Waals surface area (Å²) in [5.41, 5.74) is 7.75. The first-order valence-corrected chi connectivity index (χ1v) is 6.45. The summed E-state index contributed by atoms with van der Waals surface area (Å²) in [5.74, 6) is 0.835. The van der Waals surface area contributed by atoms with Gasteiger partial charge in [-0.3, -0.25) is 0 Å². The quantitative estimate of drug-likeness (QED) is 0.731. The van der Waals surface area contributed by atoms with E-state index < -0.39 is 5.63 Å². The number of rotatable bonds is 2. The second kappa shape index (κ2) is 4.94. The number of nitrogens with zero attached hydrogens (tertiary/aromatic N) is 1. The van der Waals surface area contributed by atoms with Crippen LogP contribution in [0.2, 0.25) is 0 Å². The Labute approximate surface area is 121 Å². The number of aryl methyl sites for hydroxylation is 1. The predicted molar refractivity (Wildman–Crippen MR) is 81.4 cm³/mol. The van der Waals surface area contributed by atoms with Crippen molar-refractivity contribution in [3.63, 3.8) is 0 Å². The highest BCUT2D eigenvalue weighted by molar-refractivity contribution is 5.89. The molecular formula is C16H14N2O3. The summed E-state index contributed by atoms with van der Waals surface area (Å²) in [7, 11) is 1.56. The smallest absolute Gasteiger partial charge is 0.349 e. The van der Waals surface area contributed by atoms with E-state index in [0.717, 1.165) is 5.56 Å². The molecule has 0 unspecified atom stereocenters. The molecule has 0 aliphatic heterocycles. The van der Waals surface area contributed by atoms with Crippen molar-refractivity contribution in [2.24, 2.45) is 0 Å². The molecule has 5 heteroatoms. The van der Waals surface area contributed by atoms with Crippen LogP contribution in [0, 0.1) is 6.92 Å². The van der Waals surface area contributed by atoms with E-state index in [9.17, 15) is 4.79 Å². The average molecular weight is 282 g/mol. The lowest BCUT2D eigenvalue weighted by molar-refractivity contribution is 0.412. The third-order valence-electron chi connectivity index (χ3n) is 3.36. The minimum atomic E-state index is -0.501. The molecule has 0 saturated heterocycles. The lowest BCUT2D eigenvalue weighted by Gasteiger charge is -2.10. The minimum absolute atomic E-state index is 0.230. The summed E-state index contributed by atoms with van der Waals surface area (Å²) in [4.78, 5) is 16.6. The molecule has 0 aliphatic rings. The van der Waals surface area contributed by atoms with Crippen molar-refractivity contribution in [2.75, 3.05) is 12.8 Å². The van der Waals surface area contributed by atoms with Gasteiger partial charge in [-0.25, -0.2) is 9.78 Å². The molecule has 3 rings (SSSR count). The van der Waals surface area contributed by atoms with E-state index in [1.807, 2.05) is 19.1 Å².